The summed E-state index contributed by atoms with van der Waals surface area (Å²) in [6.07, 6.45) is 0.713. The maximum Gasteiger partial charge on any atom is 0.254 e. The summed E-state index contributed by atoms with van der Waals surface area (Å²) in [5, 5.41) is 9.22. The maximum atomic E-state index is 13.4. The van der Waals surface area contributed by atoms with E-state index in [1.54, 1.807) is 24.3 Å². The highest BCUT2D eigenvalue weighted by Crippen LogP contribution is 2.27. The van der Waals surface area contributed by atoms with E-state index in [0.29, 0.717) is 30.7 Å². The van der Waals surface area contributed by atoms with Crippen molar-refractivity contribution in [3.8, 4) is 17.6 Å². The first-order chi connectivity index (χ1) is 15.8. The number of hydrogen-bond acceptors (Lipinski definition) is 4. The van der Waals surface area contributed by atoms with Gasteiger partial charge in [-0.05, 0) is 80.8 Å². The molecular formula is C28H28N2O3. The molecule has 1 heterocycles. The van der Waals surface area contributed by atoms with Crippen molar-refractivity contribution in [2.24, 2.45) is 0 Å². The lowest BCUT2D eigenvalue weighted by molar-refractivity contribution is 0.0566. The van der Waals surface area contributed by atoms with Crippen LogP contribution >= 0.6 is 0 Å². The number of ether oxygens (including phenoxy) is 2. The van der Waals surface area contributed by atoms with Crippen molar-refractivity contribution in [2.75, 3.05) is 6.61 Å². The van der Waals surface area contributed by atoms with Gasteiger partial charge >= 0.3 is 0 Å². The van der Waals surface area contributed by atoms with Crippen molar-refractivity contribution < 1.29 is 14.3 Å². The molecule has 4 rings (SSSR count). The monoisotopic (exact) mass is 440 g/mol. The van der Waals surface area contributed by atoms with Crippen molar-refractivity contribution in [1.82, 2.24) is 4.90 Å². The van der Waals surface area contributed by atoms with Gasteiger partial charge in [0.2, 0.25) is 0 Å². The third-order valence-corrected chi connectivity index (χ3v) is 5.55. The first kappa shape index (κ1) is 22.4. The highest BCUT2D eigenvalue weighted by Gasteiger charge is 2.31. The van der Waals surface area contributed by atoms with E-state index in [0.717, 1.165) is 17.1 Å². The number of benzene rings is 3. The lowest BCUT2D eigenvalue weighted by Gasteiger charge is -2.37. The highest BCUT2D eigenvalue weighted by molar-refractivity contribution is 5.95. The van der Waals surface area contributed by atoms with Crippen LogP contribution in [0.15, 0.2) is 72.8 Å². The molecule has 0 spiro atoms. The highest BCUT2D eigenvalue weighted by atomic mass is 16.5. The number of nitriles is 1. The van der Waals surface area contributed by atoms with E-state index < -0.39 is 0 Å². The van der Waals surface area contributed by atoms with Crippen LogP contribution in [-0.2, 0) is 13.0 Å². The Morgan fingerprint density at radius 3 is 2.39 bits per heavy atom. The van der Waals surface area contributed by atoms with E-state index in [1.165, 1.54) is 5.56 Å². The van der Waals surface area contributed by atoms with Crippen LogP contribution in [0.5, 0.6) is 11.5 Å². The molecule has 3 aromatic carbocycles. The Hall–Kier alpha value is -3.78. The molecule has 5 nitrogen and oxygen atoms in total. The van der Waals surface area contributed by atoms with Gasteiger partial charge in [0.15, 0.2) is 0 Å². The molecule has 3 aromatic rings. The second-order valence-electron chi connectivity index (χ2n) is 9.25. The molecule has 0 unspecified atom stereocenters. The number of carbonyl (C=O) groups excluding carboxylic acids is 1. The third-order valence-electron chi connectivity index (χ3n) is 5.55. The predicted octanol–water partition coefficient (Wildman–Crippen LogP) is 5.38. The summed E-state index contributed by atoms with van der Waals surface area (Å²) in [4.78, 5) is 15.3. The van der Waals surface area contributed by atoms with Gasteiger partial charge in [-0.1, -0.05) is 30.3 Å². The number of carbonyl (C=O) groups is 1. The van der Waals surface area contributed by atoms with Crippen molar-refractivity contribution in [3.63, 3.8) is 0 Å². The van der Waals surface area contributed by atoms with Crippen molar-refractivity contribution in [3.05, 3.63) is 95.1 Å². The zero-order valence-corrected chi connectivity index (χ0v) is 19.2. The Morgan fingerprint density at radius 2 is 1.70 bits per heavy atom. The predicted molar refractivity (Wildman–Crippen MR) is 127 cm³/mol. The summed E-state index contributed by atoms with van der Waals surface area (Å²) in [7, 11) is 0. The zero-order valence-electron chi connectivity index (χ0n) is 19.2. The second-order valence-corrected chi connectivity index (χ2v) is 9.25. The molecule has 0 saturated carbocycles. The Morgan fingerprint density at radius 1 is 1.00 bits per heavy atom. The van der Waals surface area contributed by atoms with Gasteiger partial charge in [0.25, 0.3) is 5.91 Å². The Labute approximate surface area is 195 Å². The smallest absolute Gasteiger partial charge is 0.254 e. The van der Waals surface area contributed by atoms with Crippen molar-refractivity contribution in [1.29, 1.82) is 5.26 Å². The molecule has 0 saturated heterocycles. The van der Waals surface area contributed by atoms with Gasteiger partial charge < -0.3 is 14.4 Å². The van der Waals surface area contributed by atoms with Crippen LogP contribution in [0.2, 0.25) is 0 Å². The van der Waals surface area contributed by atoms with Crippen LogP contribution in [0.3, 0.4) is 0 Å². The summed E-state index contributed by atoms with van der Waals surface area (Å²) in [5.74, 6) is 1.42. The fraction of sp³-hybridized carbons (Fsp3) is 0.286. The minimum Gasteiger partial charge on any atom is -0.491 e. The van der Waals surface area contributed by atoms with E-state index in [1.807, 2.05) is 62.1 Å². The molecule has 33 heavy (non-hydrogen) atoms. The summed E-state index contributed by atoms with van der Waals surface area (Å²) in [5.41, 5.74) is 3.10. The van der Waals surface area contributed by atoms with E-state index in [-0.39, 0.29) is 17.6 Å². The number of nitrogens with zero attached hydrogens (tertiary/aromatic N) is 2. The van der Waals surface area contributed by atoms with E-state index in [9.17, 15) is 10.1 Å². The molecule has 1 aliphatic heterocycles. The molecule has 1 amide bonds. The maximum absolute atomic E-state index is 13.4. The van der Waals surface area contributed by atoms with Crippen LogP contribution in [0.4, 0.5) is 0 Å². The van der Waals surface area contributed by atoms with Gasteiger partial charge in [0.05, 0.1) is 17.7 Å². The summed E-state index contributed by atoms with van der Waals surface area (Å²) in [6, 6.07) is 24.6. The summed E-state index contributed by atoms with van der Waals surface area (Å²) < 4.78 is 12.0. The average Bonchev–Trinajstić information content (AvgIpc) is 2.81. The minimum atomic E-state index is -0.262. The SMILES string of the molecule is CC(C)(C)Oc1ccc(OC[C@@H]2Cc3ccccc3CN2C(=O)c2cccc(C#N)c2)cc1. The molecular weight excluding hydrogens is 412 g/mol. The third kappa shape index (κ3) is 5.53. The lowest BCUT2D eigenvalue weighted by Crippen LogP contribution is -2.47. The first-order valence-corrected chi connectivity index (χ1v) is 11.1. The number of rotatable bonds is 5. The van der Waals surface area contributed by atoms with Crippen LogP contribution < -0.4 is 9.47 Å². The molecule has 0 N–H and O–H groups in total. The van der Waals surface area contributed by atoms with Gasteiger partial charge in [-0.15, -0.1) is 0 Å². The number of fused-ring (bicyclic) bond motifs is 1. The molecule has 168 valence electrons. The molecule has 1 aliphatic rings. The van der Waals surface area contributed by atoms with Crippen molar-refractivity contribution >= 4 is 5.91 Å². The Kier molecular flexibility index (Phi) is 6.37. The van der Waals surface area contributed by atoms with Gasteiger partial charge in [-0.25, -0.2) is 0 Å². The standard InChI is InChI=1S/C28H28N2O3/c1-28(2,3)33-26-13-11-25(12-14-26)32-19-24-16-21-8-4-5-9-23(21)18-30(24)27(31)22-10-6-7-20(15-22)17-29/h4-15,24H,16,18-19H2,1-3H3/t24-/m0/s1. The number of hydrogen-bond donors (Lipinski definition) is 0. The summed E-state index contributed by atoms with van der Waals surface area (Å²) >= 11 is 0. The summed E-state index contributed by atoms with van der Waals surface area (Å²) in [6.45, 7) is 6.92. The lowest BCUT2D eigenvalue weighted by atomic mass is 9.93. The van der Waals surface area contributed by atoms with Gasteiger partial charge in [-0.3, -0.25) is 4.79 Å². The minimum absolute atomic E-state index is 0.0934. The second kappa shape index (κ2) is 9.38. The molecule has 0 fully saturated rings. The van der Waals surface area contributed by atoms with E-state index >= 15 is 0 Å². The van der Waals surface area contributed by atoms with E-state index in [4.69, 9.17) is 9.47 Å². The van der Waals surface area contributed by atoms with Gasteiger partial charge in [0.1, 0.15) is 23.7 Å². The Balaban J connectivity index is 1.52. The average molecular weight is 441 g/mol. The van der Waals surface area contributed by atoms with Crippen molar-refractivity contribution in [2.45, 2.75) is 45.4 Å². The normalized spacial score (nSPS) is 15.3. The zero-order chi connectivity index (χ0) is 23.4. The van der Waals surface area contributed by atoms with Crippen LogP contribution in [0.25, 0.3) is 0 Å². The molecule has 1 atom stereocenters. The molecule has 5 heteroatoms. The van der Waals surface area contributed by atoms with Gasteiger partial charge in [0, 0.05) is 12.1 Å². The Bertz CT molecular complexity index is 1170. The number of amides is 1. The molecule has 0 aliphatic carbocycles. The molecule has 0 aromatic heterocycles. The molecule has 0 radical (unpaired) electrons. The largest absolute Gasteiger partial charge is 0.491 e. The fourth-order valence-corrected chi connectivity index (χ4v) is 4.01. The quantitative estimate of drug-likeness (QED) is 0.534. The topological polar surface area (TPSA) is 62.6 Å². The molecule has 0 bridgehead atoms. The first-order valence-electron chi connectivity index (χ1n) is 11.1. The van der Waals surface area contributed by atoms with Gasteiger partial charge in [-0.2, -0.15) is 5.26 Å². The van der Waals surface area contributed by atoms with Crippen LogP contribution in [0, 0.1) is 11.3 Å². The van der Waals surface area contributed by atoms with E-state index in [2.05, 4.69) is 18.2 Å². The van der Waals surface area contributed by atoms with Crippen LogP contribution in [0.1, 0.15) is 47.8 Å². The fourth-order valence-electron chi connectivity index (χ4n) is 4.01. The van der Waals surface area contributed by atoms with Crippen LogP contribution in [-0.4, -0.2) is 29.1 Å².